The van der Waals surface area contributed by atoms with E-state index in [1.807, 2.05) is 25.8 Å². The fourth-order valence-electron chi connectivity index (χ4n) is 2.38. The highest BCUT2D eigenvalue weighted by Gasteiger charge is 2.31. The zero-order valence-corrected chi connectivity index (χ0v) is 11.5. The van der Waals surface area contributed by atoms with Crippen molar-refractivity contribution in [1.82, 2.24) is 10.2 Å². The van der Waals surface area contributed by atoms with Crippen molar-refractivity contribution in [3.8, 4) is 0 Å². The van der Waals surface area contributed by atoms with E-state index in [2.05, 4.69) is 29.6 Å². The molecule has 0 spiro atoms. The number of carbonyl (C=O) groups is 1. The van der Waals surface area contributed by atoms with Gasteiger partial charge in [0, 0.05) is 13.1 Å². The first-order valence-corrected chi connectivity index (χ1v) is 6.59. The van der Waals surface area contributed by atoms with Gasteiger partial charge in [0.2, 0.25) is 5.91 Å². The van der Waals surface area contributed by atoms with Crippen LogP contribution in [0.1, 0.15) is 31.4 Å². The van der Waals surface area contributed by atoms with E-state index in [0.717, 1.165) is 25.9 Å². The third-order valence-corrected chi connectivity index (χ3v) is 3.80. The minimum atomic E-state index is -0.487. The van der Waals surface area contributed by atoms with Crippen LogP contribution in [0.4, 0.5) is 0 Å². The van der Waals surface area contributed by atoms with Gasteiger partial charge in [0.1, 0.15) is 0 Å². The molecular weight excluding hydrogens is 224 g/mol. The van der Waals surface area contributed by atoms with Crippen LogP contribution < -0.4 is 5.32 Å². The summed E-state index contributed by atoms with van der Waals surface area (Å²) >= 11 is 0. The number of aryl methyl sites for hydroxylation is 1. The Balaban J connectivity index is 2.20. The van der Waals surface area contributed by atoms with Crippen molar-refractivity contribution < 1.29 is 4.79 Å². The summed E-state index contributed by atoms with van der Waals surface area (Å²) in [5.74, 6) is 0.182. The first-order chi connectivity index (χ1) is 8.54. The lowest BCUT2D eigenvalue weighted by Gasteiger charge is -2.31. The molecule has 2 rings (SSSR count). The lowest BCUT2D eigenvalue weighted by atomic mass is 10.0. The van der Waals surface area contributed by atoms with Crippen LogP contribution in [-0.4, -0.2) is 29.9 Å². The van der Waals surface area contributed by atoms with Crippen LogP contribution in [0.2, 0.25) is 0 Å². The zero-order valence-electron chi connectivity index (χ0n) is 11.5. The first-order valence-electron chi connectivity index (χ1n) is 6.59. The van der Waals surface area contributed by atoms with E-state index < -0.39 is 5.54 Å². The maximum Gasteiger partial charge on any atom is 0.242 e. The number of nitrogens with zero attached hydrogens (tertiary/aromatic N) is 1. The Morgan fingerprint density at radius 1 is 1.28 bits per heavy atom. The first kappa shape index (κ1) is 13.1. The van der Waals surface area contributed by atoms with Crippen LogP contribution in [-0.2, 0) is 17.8 Å². The van der Waals surface area contributed by atoms with Crippen LogP contribution in [0.25, 0.3) is 0 Å². The lowest BCUT2D eigenvalue weighted by molar-refractivity contribution is -0.137. The number of carbonyl (C=O) groups excluding carboxylic acids is 1. The van der Waals surface area contributed by atoms with Crippen LogP contribution >= 0.6 is 0 Å². The van der Waals surface area contributed by atoms with Gasteiger partial charge in [-0.1, -0.05) is 24.3 Å². The van der Waals surface area contributed by atoms with Gasteiger partial charge < -0.3 is 10.2 Å². The number of benzene rings is 1. The molecule has 0 radical (unpaired) electrons. The maximum atomic E-state index is 12.5. The second kappa shape index (κ2) is 5.11. The molecule has 1 amide bonds. The second-order valence-electron chi connectivity index (χ2n) is 5.47. The van der Waals surface area contributed by atoms with Gasteiger partial charge in [-0.2, -0.15) is 0 Å². The Labute approximate surface area is 109 Å². The molecule has 1 N–H and O–H groups in total. The van der Waals surface area contributed by atoms with E-state index in [1.165, 1.54) is 11.1 Å². The number of hydrogen-bond acceptors (Lipinski definition) is 2. The van der Waals surface area contributed by atoms with Gasteiger partial charge in [-0.3, -0.25) is 4.79 Å². The Kier molecular flexibility index (Phi) is 3.71. The minimum Gasteiger partial charge on any atom is -0.337 e. The number of rotatable bonds is 2. The molecule has 3 nitrogen and oxygen atoms in total. The predicted molar refractivity (Wildman–Crippen MR) is 73.3 cm³/mol. The molecule has 1 heterocycles. The Hall–Kier alpha value is -1.35. The molecule has 0 atom stereocenters. The number of likely N-dealkylation sites (N-methyl/N-ethyl adjacent to an activating group) is 1. The molecule has 0 fully saturated rings. The third-order valence-electron chi connectivity index (χ3n) is 3.80. The third kappa shape index (κ3) is 2.56. The van der Waals surface area contributed by atoms with Crippen molar-refractivity contribution in [3.05, 3.63) is 35.4 Å². The minimum absolute atomic E-state index is 0.182. The fourth-order valence-corrected chi connectivity index (χ4v) is 2.38. The van der Waals surface area contributed by atoms with Gasteiger partial charge in [-0.05, 0) is 44.9 Å². The van der Waals surface area contributed by atoms with Crippen molar-refractivity contribution in [2.45, 2.75) is 38.8 Å². The van der Waals surface area contributed by atoms with Gasteiger partial charge in [0.25, 0.3) is 0 Å². The van der Waals surface area contributed by atoms with Gasteiger partial charge >= 0.3 is 0 Å². The summed E-state index contributed by atoms with van der Waals surface area (Å²) in [4.78, 5) is 14.5. The summed E-state index contributed by atoms with van der Waals surface area (Å²) in [6.45, 7) is 5.46. The van der Waals surface area contributed by atoms with Crippen LogP contribution in [0.3, 0.4) is 0 Å². The van der Waals surface area contributed by atoms with E-state index in [1.54, 1.807) is 0 Å². The van der Waals surface area contributed by atoms with Crippen molar-refractivity contribution in [2.24, 2.45) is 0 Å². The van der Waals surface area contributed by atoms with Crippen LogP contribution in [0.5, 0.6) is 0 Å². The van der Waals surface area contributed by atoms with E-state index in [4.69, 9.17) is 0 Å². The average molecular weight is 246 g/mol. The molecule has 98 valence electrons. The number of nitrogens with one attached hydrogen (secondary N) is 1. The van der Waals surface area contributed by atoms with Crippen molar-refractivity contribution in [2.75, 3.05) is 13.6 Å². The molecule has 1 aromatic carbocycles. The summed E-state index contributed by atoms with van der Waals surface area (Å²) in [5.41, 5.74) is 2.18. The lowest BCUT2D eigenvalue weighted by Crippen LogP contribution is -2.52. The highest BCUT2D eigenvalue weighted by Crippen LogP contribution is 2.20. The normalized spacial score (nSPS) is 16.1. The summed E-state index contributed by atoms with van der Waals surface area (Å²) in [6, 6.07) is 8.43. The van der Waals surface area contributed by atoms with Gasteiger partial charge in [-0.15, -0.1) is 0 Å². The number of hydrogen-bond donors (Lipinski definition) is 1. The molecule has 1 aliphatic heterocycles. The summed E-state index contributed by atoms with van der Waals surface area (Å²) in [5, 5.41) is 3.09. The van der Waals surface area contributed by atoms with E-state index in [9.17, 15) is 4.79 Å². The van der Waals surface area contributed by atoms with Crippen molar-refractivity contribution in [1.29, 1.82) is 0 Å². The van der Waals surface area contributed by atoms with Gasteiger partial charge in [0.15, 0.2) is 0 Å². The SMILES string of the molecule is CNC(C)(C)C(=O)N1CCCc2ccccc2C1. The van der Waals surface area contributed by atoms with E-state index in [0.29, 0.717) is 0 Å². The zero-order chi connectivity index (χ0) is 13.2. The monoisotopic (exact) mass is 246 g/mol. The van der Waals surface area contributed by atoms with E-state index >= 15 is 0 Å². The largest absolute Gasteiger partial charge is 0.337 e. The molecule has 0 aromatic heterocycles. The highest BCUT2D eigenvalue weighted by atomic mass is 16.2. The van der Waals surface area contributed by atoms with Crippen molar-refractivity contribution >= 4 is 5.91 Å². The summed E-state index contributed by atoms with van der Waals surface area (Å²) in [7, 11) is 1.84. The molecule has 1 aromatic rings. The maximum absolute atomic E-state index is 12.5. The topological polar surface area (TPSA) is 32.3 Å². The average Bonchev–Trinajstić information content (AvgIpc) is 2.59. The molecule has 0 saturated carbocycles. The standard InChI is InChI=1S/C15H22N2O/c1-15(2,16-3)14(18)17-10-6-9-12-7-4-5-8-13(12)11-17/h4-5,7-8,16H,6,9-11H2,1-3H3. The molecular formula is C15H22N2O. The number of fused-ring (bicyclic) bond motifs is 1. The van der Waals surface area contributed by atoms with Crippen LogP contribution in [0, 0.1) is 0 Å². The number of amides is 1. The summed E-state index contributed by atoms with van der Waals surface area (Å²) in [6.07, 6.45) is 2.11. The highest BCUT2D eigenvalue weighted by molar-refractivity contribution is 5.85. The van der Waals surface area contributed by atoms with Crippen LogP contribution in [0.15, 0.2) is 24.3 Å². The Morgan fingerprint density at radius 3 is 2.61 bits per heavy atom. The second-order valence-corrected chi connectivity index (χ2v) is 5.47. The quantitative estimate of drug-likeness (QED) is 0.865. The Bertz CT molecular complexity index is 440. The Morgan fingerprint density at radius 2 is 1.94 bits per heavy atom. The van der Waals surface area contributed by atoms with Gasteiger partial charge in [-0.25, -0.2) is 0 Å². The molecule has 18 heavy (non-hydrogen) atoms. The fraction of sp³-hybridized carbons (Fsp3) is 0.533. The molecule has 0 unspecified atom stereocenters. The molecule has 0 bridgehead atoms. The summed E-state index contributed by atoms with van der Waals surface area (Å²) < 4.78 is 0. The predicted octanol–water partition coefficient (Wildman–Crippen LogP) is 1.96. The smallest absolute Gasteiger partial charge is 0.242 e. The molecule has 3 heteroatoms. The van der Waals surface area contributed by atoms with Gasteiger partial charge in [0.05, 0.1) is 5.54 Å². The molecule has 0 aliphatic carbocycles. The van der Waals surface area contributed by atoms with E-state index in [-0.39, 0.29) is 5.91 Å². The molecule has 1 aliphatic rings. The molecule has 0 saturated heterocycles. The van der Waals surface area contributed by atoms with Crippen molar-refractivity contribution in [3.63, 3.8) is 0 Å².